The maximum atomic E-state index is 13.2. The lowest BCUT2D eigenvalue weighted by Gasteiger charge is -2.07. The van der Waals surface area contributed by atoms with Gasteiger partial charge >= 0.3 is 5.97 Å². The van der Waals surface area contributed by atoms with Crippen molar-refractivity contribution in [1.82, 2.24) is 4.72 Å². The zero-order chi connectivity index (χ0) is 14.0. The molecule has 1 aromatic rings. The van der Waals surface area contributed by atoms with Crippen molar-refractivity contribution in [2.45, 2.75) is 24.2 Å². The second-order valence-electron chi connectivity index (χ2n) is 4.58. The first-order valence-electron chi connectivity index (χ1n) is 5.92. The smallest absolute Gasteiger partial charge is 0.338 e. The van der Waals surface area contributed by atoms with Crippen LogP contribution in [0.2, 0.25) is 0 Å². The second kappa shape index (κ2) is 5.26. The quantitative estimate of drug-likeness (QED) is 0.832. The Kier molecular flexibility index (Phi) is 3.86. The summed E-state index contributed by atoms with van der Waals surface area (Å²) in [6.45, 7) is 0.312. The van der Waals surface area contributed by atoms with E-state index >= 15 is 0 Å². The maximum absolute atomic E-state index is 13.2. The van der Waals surface area contributed by atoms with Crippen LogP contribution in [0.25, 0.3) is 0 Å². The first-order chi connectivity index (χ1) is 8.90. The molecule has 0 aliphatic heterocycles. The number of nitrogens with one attached hydrogen (secondary N) is 1. The molecule has 0 bridgehead atoms. The van der Waals surface area contributed by atoms with Crippen LogP contribution >= 0.6 is 0 Å². The monoisotopic (exact) mass is 287 g/mol. The number of hydrogen-bond acceptors (Lipinski definition) is 3. The van der Waals surface area contributed by atoms with Crippen LogP contribution in [0.4, 0.5) is 4.39 Å². The van der Waals surface area contributed by atoms with Crippen LogP contribution in [-0.2, 0) is 10.0 Å². The van der Waals surface area contributed by atoms with Gasteiger partial charge in [0, 0.05) is 6.54 Å². The third-order valence-corrected chi connectivity index (χ3v) is 4.48. The summed E-state index contributed by atoms with van der Waals surface area (Å²) in [5.74, 6) is -1.86. The topological polar surface area (TPSA) is 83.5 Å². The molecule has 0 saturated heterocycles. The third-order valence-electron chi connectivity index (χ3n) is 3.02. The molecule has 1 fully saturated rings. The SMILES string of the molecule is O=C(O)c1cc(S(=O)(=O)NCCC2CC2)ccc1F. The molecule has 1 aliphatic rings. The van der Waals surface area contributed by atoms with Gasteiger partial charge in [-0.1, -0.05) is 12.8 Å². The van der Waals surface area contributed by atoms with Crippen LogP contribution in [-0.4, -0.2) is 26.0 Å². The Labute approximate surface area is 110 Å². The molecule has 0 unspecified atom stereocenters. The Balaban J connectivity index is 2.14. The van der Waals surface area contributed by atoms with E-state index in [1.807, 2.05) is 0 Å². The molecule has 1 aliphatic carbocycles. The summed E-state index contributed by atoms with van der Waals surface area (Å²) in [5.41, 5.74) is -0.648. The van der Waals surface area contributed by atoms with Crippen LogP contribution in [0.3, 0.4) is 0 Å². The van der Waals surface area contributed by atoms with Gasteiger partial charge in [-0.2, -0.15) is 0 Å². The Bertz CT molecular complexity index is 596. The van der Waals surface area contributed by atoms with E-state index < -0.39 is 27.4 Å². The number of hydrogen-bond donors (Lipinski definition) is 2. The Morgan fingerprint density at radius 3 is 2.68 bits per heavy atom. The lowest BCUT2D eigenvalue weighted by atomic mass is 10.2. The Morgan fingerprint density at radius 2 is 2.11 bits per heavy atom. The van der Waals surface area contributed by atoms with Crippen molar-refractivity contribution in [3.63, 3.8) is 0 Å². The van der Waals surface area contributed by atoms with Crippen LogP contribution in [0, 0.1) is 11.7 Å². The molecule has 0 heterocycles. The number of rotatable bonds is 6. The molecule has 2 N–H and O–H groups in total. The molecule has 104 valence electrons. The first kappa shape index (κ1) is 14.0. The molecule has 0 radical (unpaired) electrons. The molecule has 7 heteroatoms. The molecule has 1 saturated carbocycles. The third kappa shape index (κ3) is 3.51. The van der Waals surface area contributed by atoms with Crippen molar-refractivity contribution in [3.8, 4) is 0 Å². The van der Waals surface area contributed by atoms with Gasteiger partial charge in [-0.25, -0.2) is 22.3 Å². The van der Waals surface area contributed by atoms with Gasteiger partial charge in [-0.3, -0.25) is 0 Å². The van der Waals surface area contributed by atoms with Crippen LogP contribution < -0.4 is 4.72 Å². The van der Waals surface area contributed by atoms with Gasteiger partial charge in [0.15, 0.2) is 0 Å². The highest BCUT2D eigenvalue weighted by atomic mass is 32.2. The highest BCUT2D eigenvalue weighted by molar-refractivity contribution is 7.89. The Morgan fingerprint density at radius 1 is 1.42 bits per heavy atom. The summed E-state index contributed by atoms with van der Waals surface area (Å²) in [6.07, 6.45) is 3.02. The summed E-state index contributed by atoms with van der Waals surface area (Å²) in [7, 11) is -3.78. The van der Waals surface area contributed by atoms with Crippen LogP contribution in [0.15, 0.2) is 23.1 Å². The summed E-state index contributed by atoms with van der Waals surface area (Å²) in [5, 5.41) is 8.76. The zero-order valence-corrected chi connectivity index (χ0v) is 10.9. The zero-order valence-electron chi connectivity index (χ0n) is 10.1. The van der Waals surface area contributed by atoms with Crippen molar-refractivity contribution < 1.29 is 22.7 Å². The minimum Gasteiger partial charge on any atom is -0.478 e. The lowest BCUT2D eigenvalue weighted by Crippen LogP contribution is -2.25. The summed E-state index contributed by atoms with van der Waals surface area (Å²) in [4.78, 5) is 10.5. The number of halogens is 1. The average Bonchev–Trinajstić information content (AvgIpc) is 3.12. The minimum atomic E-state index is -3.78. The van der Waals surface area contributed by atoms with Crippen LogP contribution in [0.1, 0.15) is 29.6 Å². The van der Waals surface area contributed by atoms with Crippen molar-refractivity contribution in [3.05, 3.63) is 29.6 Å². The molecule has 0 amide bonds. The van der Waals surface area contributed by atoms with Crippen molar-refractivity contribution in [1.29, 1.82) is 0 Å². The van der Waals surface area contributed by atoms with E-state index in [0.29, 0.717) is 12.5 Å². The number of aromatic carboxylic acids is 1. The molecule has 2 rings (SSSR count). The predicted molar refractivity (Wildman–Crippen MR) is 65.9 cm³/mol. The Hall–Kier alpha value is -1.47. The number of carboxylic acids is 1. The molecule has 5 nitrogen and oxygen atoms in total. The molecule has 0 atom stereocenters. The van der Waals surface area contributed by atoms with Gasteiger partial charge in [-0.15, -0.1) is 0 Å². The predicted octanol–water partition coefficient (Wildman–Crippen LogP) is 1.60. The first-order valence-corrected chi connectivity index (χ1v) is 7.41. The van der Waals surface area contributed by atoms with Gasteiger partial charge in [0.05, 0.1) is 10.5 Å². The van der Waals surface area contributed by atoms with E-state index in [9.17, 15) is 17.6 Å². The highest BCUT2D eigenvalue weighted by Gasteiger charge is 2.23. The summed E-state index contributed by atoms with van der Waals surface area (Å²) >= 11 is 0. The fourth-order valence-electron chi connectivity index (χ4n) is 1.72. The van der Waals surface area contributed by atoms with Gasteiger partial charge in [0.2, 0.25) is 10.0 Å². The fraction of sp³-hybridized carbons (Fsp3) is 0.417. The van der Waals surface area contributed by atoms with Gasteiger partial charge in [0.25, 0.3) is 0 Å². The fourth-order valence-corrected chi connectivity index (χ4v) is 2.80. The molecule has 0 spiro atoms. The summed E-state index contributed by atoms with van der Waals surface area (Å²) in [6, 6.07) is 2.73. The molecule has 19 heavy (non-hydrogen) atoms. The van der Waals surface area contributed by atoms with Gasteiger partial charge in [-0.05, 0) is 30.5 Å². The molecule has 1 aromatic carbocycles. The number of carboxylic acid groups (broad SMARTS) is 1. The molecular formula is C12H14FNO4S. The molecular weight excluding hydrogens is 273 g/mol. The van der Waals surface area contributed by atoms with E-state index in [4.69, 9.17) is 5.11 Å². The van der Waals surface area contributed by atoms with Crippen molar-refractivity contribution >= 4 is 16.0 Å². The maximum Gasteiger partial charge on any atom is 0.338 e. The van der Waals surface area contributed by atoms with E-state index in [1.165, 1.54) is 0 Å². The standard InChI is InChI=1S/C12H14FNO4S/c13-11-4-3-9(7-10(11)12(15)16)19(17,18)14-6-5-8-1-2-8/h3-4,7-8,14H,1-2,5-6H2,(H,15,16). The summed E-state index contributed by atoms with van der Waals surface area (Å²) < 4.78 is 39.4. The van der Waals surface area contributed by atoms with E-state index in [1.54, 1.807) is 0 Å². The number of carbonyl (C=O) groups is 1. The number of benzene rings is 1. The largest absolute Gasteiger partial charge is 0.478 e. The van der Waals surface area contributed by atoms with Crippen molar-refractivity contribution in [2.75, 3.05) is 6.54 Å². The van der Waals surface area contributed by atoms with E-state index in [-0.39, 0.29) is 4.90 Å². The number of sulfonamides is 1. The normalized spacial score (nSPS) is 15.4. The highest BCUT2D eigenvalue weighted by Crippen LogP contribution is 2.31. The van der Waals surface area contributed by atoms with Gasteiger partial charge in [0.1, 0.15) is 5.82 Å². The van der Waals surface area contributed by atoms with Crippen LogP contribution in [0.5, 0.6) is 0 Å². The minimum absolute atomic E-state index is 0.234. The van der Waals surface area contributed by atoms with Crippen molar-refractivity contribution in [2.24, 2.45) is 5.92 Å². The van der Waals surface area contributed by atoms with E-state index in [0.717, 1.165) is 37.5 Å². The lowest BCUT2D eigenvalue weighted by molar-refractivity contribution is 0.0691. The van der Waals surface area contributed by atoms with E-state index in [2.05, 4.69) is 4.72 Å². The van der Waals surface area contributed by atoms with Gasteiger partial charge < -0.3 is 5.11 Å². The molecule has 0 aromatic heterocycles. The second-order valence-corrected chi connectivity index (χ2v) is 6.34. The average molecular weight is 287 g/mol.